The Balaban J connectivity index is 1.87. The minimum atomic E-state index is -0.657. The van der Waals surface area contributed by atoms with Gasteiger partial charge in [-0.25, -0.2) is 9.37 Å². The Morgan fingerprint density at radius 2 is 1.84 bits per heavy atom. The van der Waals surface area contributed by atoms with Crippen molar-refractivity contribution in [2.24, 2.45) is 0 Å². The van der Waals surface area contributed by atoms with E-state index in [9.17, 15) is 14.0 Å². The summed E-state index contributed by atoms with van der Waals surface area (Å²) in [7, 11) is 1.53. The molecule has 0 aliphatic carbocycles. The molecule has 8 nitrogen and oxygen atoms in total. The second kappa shape index (κ2) is 8.02. The average Bonchev–Trinajstić information content (AvgIpc) is 3.19. The van der Waals surface area contributed by atoms with Crippen LogP contribution in [-0.4, -0.2) is 32.6 Å². The van der Waals surface area contributed by atoms with Crippen molar-refractivity contribution in [2.75, 3.05) is 12.0 Å². The van der Waals surface area contributed by atoms with Gasteiger partial charge in [0.25, 0.3) is 17.2 Å². The van der Waals surface area contributed by atoms with Crippen LogP contribution in [0, 0.1) is 19.7 Å². The molecule has 0 atom stereocenters. The number of anilines is 1. The summed E-state index contributed by atoms with van der Waals surface area (Å²) in [5, 5.41) is 2.83. The number of carbonyl (C=O) groups is 1. The number of para-hydroxylation sites is 1. The third kappa shape index (κ3) is 3.65. The number of aromatic amines is 1. The van der Waals surface area contributed by atoms with Gasteiger partial charge in [-0.15, -0.1) is 0 Å². The number of fused-ring (bicyclic) bond motifs is 1. The Morgan fingerprint density at radius 1 is 1.13 bits per heavy atom. The number of halogens is 1. The van der Waals surface area contributed by atoms with Crippen LogP contribution in [-0.2, 0) is 6.54 Å². The number of amides is 1. The first kappa shape index (κ1) is 20.3. The molecule has 0 aliphatic heterocycles. The van der Waals surface area contributed by atoms with E-state index in [-0.39, 0.29) is 29.4 Å². The fourth-order valence-electron chi connectivity index (χ4n) is 3.24. The molecule has 0 bridgehead atoms. The molecule has 1 amide bonds. The third-order valence-electron chi connectivity index (χ3n) is 5.08. The monoisotopic (exact) mass is 421 g/mol. The van der Waals surface area contributed by atoms with Gasteiger partial charge in [0.15, 0.2) is 0 Å². The number of hydrogen-bond donors (Lipinski definition) is 1. The van der Waals surface area contributed by atoms with E-state index in [0.717, 1.165) is 0 Å². The molecule has 0 radical (unpaired) electrons. The number of ether oxygens (including phenoxy) is 1. The highest BCUT2D eigenvalue weighted by atomic mass is 19.1. The summed E-state index contributed by atoms with van der Waals surface area (Å²) in [5.41, 5.74) is 1.24. The Hall–Kier alpha value is -4.01. The second-order valence-corrected chi connectivity index (χ2v) is 6.99. The van der Waals surface area contributed by atoms with Crippen LogP contribution in [0.25, 0.3) is 5.78 Å². The van der Waals surface area contributed by atoms with Gasteiger partial charge in [-0.3, -0.25) is 19.6 Å². The summed E-state index contributed by atoms with van der Waals surface area (Å²) in [4.78, 5) is 35.9. The molecule has 1 N–H and O–H groups in total. The van der Waals surface area contributed by atoms with Crippen molar-refractivity contribution < 1.29 is 13.9 Å². The first-order valence-electron chi connectivity index (χ1n) is 9.55. The second-order valence-electron chi connectivity index (χ2n) is 6.99. The number of methoxy groups -OCH3 is 1. The maximum absolute atomic E-state index is 14.4. The Labute approximate surface area is 176 Å². The van der Waals surface area contributed by atoms with Gasteiger partial charge in [-0.2, -0.15) is 9.50 Å². The molecule has 0 unspecified atom stereocenters. The Morgan fingerprint density at radius 3 is 2.58 bits per heavy atom. The number of nitrogens with zero attached hydrogens (tertiary/aromatic N) is 4. The number of hydrogen-bond acceptors (Lipinski definition) is 5. The fraction of sp³-hybridized carbons (Fsp3) is 0.182. The molecule has 0 saturated heterocycles. The minimum absolute atomic E-state index is 0.0315. The largest absolute Gasteiger partial charge is 0.496 e. The Bertz CT molecular complexity index is 1340. The molecule has 0 fully saturated rings. The number of rotatable bonds is 5. The number of benzene rings is 2. The molecule has 2 aromatic heterocycles. The first-order valence-corrected chi connectivity index (χ1v) is 9.55. The molecule has 2 aromatic carbocycles. The van der Waals surface area contributed by atoms with Gasteiger partial charge >= 0.3 is 0 Å². The van der Waals surface area contributed by atoms with Crippen molar-refractivity contribution >= 4 is 17.6 Å². The number of carbonyl (C=O) groups excluding carboxylic acids is 1. The van der Waals surface area contributed by atoms with Gasteiger partial charge in [0, 0.05) is 16.8 Å². The van der Waals surface area contributed by atoms with E-state index >= 15 is 0 Å². The van der Waals surface area contributed by atoms with Crippen LogP contribution in [0.5, 0.6) is 5.75 Å². The predicted octanol–water partition coefficient (Wildman–Crippen LogP) is 3.03. The average molecular weight is 421 g/mol. The van der Waals surface area contributed by atoms with E-state index in [1.54, 1.807) is 38.1 Å². The van der Waals surface area contributed by atoms with Crippen molar-refractivity contribution in [1.82, 2.24) is 19.6 Å². The highest BCUT2D eigenvalue weighted by Gasteiger charge is 2.25. The molecule has 9 heteroatoms. The lowest BCUT2D eigenvalue weighted by molar-refractivity contribution is 0.0979. The zero-order valence-electron chi connectivity index (χ0n) is 17.2. The summed E-state index contributed by atoms with van der Waals surface area (Å²) in [6.07, 6.45) is 0. The van der Waals surface area contributed by atoms with E-state index < -0.39 is 11.7 Å². The lowest BCUT2D eigenvalue weighted by Gasteiger charge is -2.21. The van der Waals surface area contributed by atoms with Gasteiger partial charge < -0.3 is 4.74 Å². The van der Waals surface area contributed by atoms with Crippen molar-refractivity contribution in [2.45, 2.75) is 20.4 Å². The maximum atomic E-state index is 14.4. The van der Waals surface area contributed by atoms with Crippen LogP contribution in [0.4, 0.5) is 10.3 Å². The number of aryl methyl sites for hydroxylation is 1. The third-order valence-corrected chi connectivity index (χ3v) is 5.08. The lowest BCUT2D eigenvalue weighted by Crippen LogP contribution is -2.32. The number of aromatic nitrogens is 4. The van der Waals surface area contributed by atoms with Crippen molar-refractivity contribution in [3.8, 4) is 5.75 Å². The molecular formula is C22H20FN5O3. The normalized spacial score (nSPS) is 11.0. The van der Waals surface area contributed by atoms with E-state index in [1.165, 1.54) is 34.7 Å². The van der Waals surface area contributed by atoms with Crippen molar-refractivity contribution in [3.63, 3.8) is 0 Å². The summed E-state index contributed by atoms with van der Waals surface area (Å²) in [6, 6.07) is 12.9. The zero-order chi connectivity index (χ0) is 22.1. The molecule has 0 spiro atoms. The van der Waals surface area contributed by atoms with E-state index in [1.807, 2.05) is 6.07 Å². The summed E-state index contributed by atoms with van der Waals surface area (Å²) in [5.74, 6) is -0.532. The summed E-state index contributed by atoms with van der Waals surface area (Å²) < 4.78 is 21.0. The molecule has 4 aromatic rings. The zero-order valence-corrected chi connectivity index (χ0v) is 17.2. The molecule has 31 heavy (non-hydrogen) atoms. The quantitative estimate of drug-likeness (QED) is 0.535. The minimum Gasteiger partial charge on any atom is -0.496 e. The van der Waals surface area contributed by atoms with Crippen molar-refractivity contribution in [3.05, 3.63) is 87.1 Å². The van der Waals surface area contributed by atoms with Crippen LogP contribution >= 0.6 is 0 Å². The smallest absolute Gasteiger partial charge is 0.277 e. The van der Waals surface area contributed by atoms with Crippen LogP contribution < -0.4 is 15.2 Å². The van der Waals surface area contributed by atoms with Crippen LogP contribution in [0.3, 0.4) is 0 Å². The van der Waals surface area contributed by atoms with Crippen LogP contribution in [0.1, 0.15) is 27.2 Å². The maximum Gasteiger partial charge on any atom is 0.277 e. The molecule has 4 rings (SSSR count). The Kier molecular flexibility index (Phi) is 5.24. The van der Waals surface area contributed by atoms with Gasteiger partial charge in [0.1, 0.15) is 11.6 Å². The SMILES string of the molecule is COc1ccccc1CN(C(=O)c1ccccc1F)c1nc2nc(C)c(C)c(=O)n2[nH]1. The molecule has 2 heterocycles. The lowest BCUT2D eigenvalue weighted by atomic mass is 10.1. The number of nitrogens with one attached hydrogen (secondary N) is 1. The van der Waals surface area contributed by atoms with Gasteiger partial charge in [0.2, 0.25) is 5.95 Å². The standard InChI is InChI=1S/C22H20FN5O3/c1-13-14(2)24-21-25-22(26-28(21)19(13)29)27(12-15-8-4-7-11-18(15)31-3)20(30)16-9-5-6-10-17(16)23/h4-11H,12H2,1-3H3,(H,24,25,26). The summed E-state index contributed by atoms with van der Waals surface area (Å²) in [6.45, 7) is 3.40. The van der Waals surface area contributed by atoms with Crippen molar-refractivity contribution in [1.29, 1.82) is 0 Å². The van der Waals surface area contributed by atoms with Gasteiger partial charge in [0.05, 0.1) is 19.2 Å². The van der Waals surface area contributed by atoms with Gasteiger partial charge in [-0.05, 0) is 32.0 Å². The highest BCUT2D eigenvalue weighted by Crippen LogP contribution is 2.24. The van der Waals surface area contributed by atoms with Gasteiger partial charge in [-0.1, -0.05) is 30.3 Å². The predicted molar refractivity (Wildman–Crippen MR) is 113 cm³/mol. The fourth-order valence-corrected chi connectivity index (χ4v) is 3.24. The topological polar surface area (TPSA) is 92.6 Å². The van der Waals surface area contributed by atoms with E-state index in [2.05, 4.69) is 15.1 Å². The van der Waals surface area contributed by atoms with E-state index in [4.69, 9.17) is 4.74 Å². The summed E-state index contributed by atoms with van der Waals surface area (Å²) >= 11 is 0. The number of H-pyrrole nitrogens is 1. The molecule has 0 aliphatic rings. The molecule has 158 valence electrons. The van der Waals surface area contributed by atoms with E-state index in [0.29, 0.717) is 22.6 Å². The highest BCUT2D eigenvalue weighted by molar-refractivity contribution is 6.05. The molecular weight excluding hydrogens is 401 g/mol. The molecule has 0 saturated carbocycles. The van der Waals surface area contributed by atoms with Crippen LogP contribution in [0.2, 0.25) is 0 Å². The first-order chi connectivity index (χ1) is 14.9. The van der Waals surface area contributed by atoms with Crippen LogP contribution in [0.15, 0.2) is 53.3 Å².